The number of pyridine rings is 1. The van der Waals surface area contributed by atoms with E-state index in [9.17, 15) is 5.11 Å². The van der Waals surface area contributed by atoms with Gasteiger partial charge in [0.15, 0.2) is 0 Å². The summed E-state index contributed by atoms with van der Waals surface area (Å²) in [6, 6.07) is 22.1. The molecule has 0 unspecified atom stereocenters. The molecule has 2 heterocycles. The lowest BCUT2D eigenvalue weighted by molar-refractivity contribution is 0.271. The monoisotopic (exact) mass is 438 g/mol. The number of aryl methyl sites for hydroxylation is 2. The van der Waals surface area contributed by atoms with Crippen LogP contribution in [0.15, 0.2) is 85.3 Å². The largest absolute Gasteiger partial charge is 0.508 e. The van der Waals surface area contributed by atoms with Crippen molar-refractivity contribution >= 4 is 0 Å². The van der Waals surface area contributed by atoms with Crippen LogP contribution in [0.1, 0.15) is 35.9 Å². The second-order valence-corrected chi connectivity index (χ2v) is 8.24. The van der Waals surface area contributed by atoms with E-state index in [2.05, 4.69) is 52.1 Å². The lowest BCUT2D eigenvalue weighted by Gasteiger charge is -2.20. The average Bonchev–Trinajstić information content (AvgIpc) is 2.86. The van der Waals surface area contributed by atoms with E-state index in [1.165, 1.54) is 16.7 Å². The Balaban J connectivity index is 1.39. The Morgan fingerprint density at radius 2 is 1.64 bits per heavy atom. The smallest absolute Gasteiger partial charge is 0.128 e. The number of aromatic nitrogens is 3. The van der Waals surface area contributed by atoms with Crippen molar-refractivity contribution in [3.8, 4) is 17.0 Å². The normalized spacial score (nSPS) is 11.1. The molecule has 0 aliphatic heterocycles. The Kier molecular flexibility index (Phi) is 7.77. The van der Waals surface area contributed by atoms with Crippen LogP contribution in [0.25, 0.3) is 11.3 Å². The van der Waals surface area contributed by atoms with E-state index in [0.717, 1.165) is 56.0 Å². The number of nitrogens with zero attached hydrogens (tertiary/aromatic N) is 4. The van der Waals surface area contributed by atoms with Gasteiger partial charge in [-0.1, -0.05) is 43.3 Å². The SMILES string of the molecule is CCN(Cc1cccnc1)Cc1cccc(-c2ccnc(CCCc3ccc(O)cc3)n2)c1. The van der Waals surface area contributed by atoms with Crippen LogP contribution >= 0.6 is 0 Å². The molecule has 33 heavy (non-hydrogen) atoms. The number of phenols is 1. The van der Waals surface area contributed by atoms with E-state index in [1.54, 1.807) is 12.1 Å². The molecule has 2 aromatic carbocycles. The molecule has 5 nitrogen and oxygen atoms in total. The Morgan fingerprint density at radius 3 is 2.42 bits per heavy atom. The average molecular weight is 439 g/mol. The summed E-state index contributed by atoms with van der Waals surface area (Å²) in [4.78, 5) is 15.9. The molecular formula is C28H30N4O. The molecule has 0 amide bonds. The van der Waals surface area contributed by atoms with E-state index in [1.807, 2.05) is 42.9 Å². The maximum atomic E-state index is 9.42. The van der Waals surface area contributed by atoms with Crippen molar-refractivity contribution in [2.75, 3.05) is 6.54 Å². The molecule has 0 fully saturated rings. The number of phenolic OH excluding ortho intramolecular Hbond substituents is 1. The minimum atomic E-state index is 0.302. The van der Waals surface area contributed by atoms with Crippen LogP contribution < -0.4 is 0 Å². The van der Waals surface area contributed by atoms with Crippen LogP contribution in [0.3, 0.4) is 0 Å². The topological polar surface area (TPSA) is 62.1 Å². The van der Waals surface area contributed by atoms with Gasteiger partial charge < -0.3 is 5.11 Å². The van der Waals surface area contributed by atoms with E-state index in [0.29, 0.717) is 5.75 Å². The quantitative estimate of drug-likeness (QED) is 0.357. The summed E-state index contributed by atoms with van der Waals surface area (Å²) >= 11 is 0. The minimum Gasteiger partial charge on any atom is -0.508 e. The third-order valence-corrected chi connectivity index (χ3v) is 5.71. The van der Waals surface area contributed by atoms with Gasteiger partial charge in [-0.05, 0) is 66.4 Å². The van der Waals surface area contributed by atoms with Crippen molar-refractivity contribution in [2.45, 2.75) is 39.3 Å². The van der Waals surface area contributed by atoms with E-state index >= 15 is 0 Å². The lowest BCUT2D eigenvalue weighted by Crippen LogP contribution is -2.22. The molecule has 4 aromatic rings. The molecule has 0 aliphatic carbocycles. The first-order valence-corrected chi connectivity index (χ1v) is 11.5. The zero-order valence-electron chi connectivity index (χ0n) is 19.1. The highest BCUT2D eigenvalue weighted by atomic mass is 16.3. The first kappa shape index (κ1) is 22.6. The molecule has 5 heteroatoms. The molecule has 0 aliphatic rings. The van der Waals surface area contributed by atoms with Crippen LogP contribution in [0.5, 0.6) is 5.75 Å². The first-order valence-electron chi connectivity index (χ1n) is 11.5. The van der Waals surface area contributed by atoms with Gasteiger partial charge in [0.1, 0.15) is 11.6 Å². The summed E-state index contributed by atoms with van der Waals surface area (Å²) in [5, 5.41) is 9.42. The maximum Gasteiger partial charge on any atom is 0.128 e. The molecule has 1 N–H and O–H groups in total. The van der Waals surface area contributed by atoms with Crippen LogP contribution in [0.4, 0.5) is 0 Å². The van der Waals surface area contributed by atoms with Gasteiger partial charge >= 0.3 is 0 Å². The standard InChI is InChI=1S/C28H30N4O/c1-2-32(21-24-8-5-16-29-19-24)20-23-7-3-9-25(18-23)27-15-17-30-28(31-27)10-4-6-22-11-13-26(33)14-12-22/h3,5,7-9,11-19,33H,2,4,6,10,20-21H2,1H3. The van der Waals surface area contributed by atoms with Gasteiger partial charge in [0.25, 0.3) is 0 Å². The number of rotatable bonds is 10. The van der Waals surface area contributed by atoms with Crippen molar-refractivity contribution in [1.82, 2.24) is 19.9 Å². The summed E-state index contributed by atoms with van der Waals surface area (Å²) in [6.45, 7) is 4.92. The Morgan fingerprint density at radius 1 is 0.818 bits per heavy atom. The van der Waals surface area contributed by atoms with E-state index in [4.69, 9.17) is 4.98 Å². The summed E-state index contributed by atoms with van der Waals surface area (Å²) in [5.41, 5.74) is 5.78. The second kappa shape index (κ2) is 11.3. The van der Waals surface area contributed by atoms with Gasteiger partial charge in [0.05, 0.1) is 5.69 Å². The number of hydrogen-bond donors (Lipinski definition) is 1. The number of hydrogen-bond acceptors (Lipinski definition) is 5. The second-order valence-electron chi connectivity index (χ2n) is 8.24. The highest BCUT2D eigenvalue weighted by Gasteiger charge is 2.08. The lowest BCUT2D eigenvalue weighted by atomic mass is 10.1. The molecule has 168 valence electrons. The van der Waals surface area contributed by atoms with Gasteiger partial charge in [0, 0.05) is 43.7 Å². The fourth-order valence-electron chi connectivity index (χ4n) is 3.91. The van der Waals surface area contributed by atoms with Gasteiger partial charge in [-0.3, -0.25) is 9.88 Å². The summed E-state index contributed by atoms with van der Waals surface area (Å²) in [5.74, 6) is 1.17. The van der Waals surface area contributed by atoms with Crippen molar-refractivity contribution in [3.05, 3.63) is 108 Å². The number of benzene rings is 2. The fourth-order valence-corrected chi connectivity index (χ4v) is 3.91. The molecule has 0 saturated heterocycles. The van der Waals surface area contributed by atoms with Crippen molar-refractivity contribution in [3.63, 3.8) is 0 Å². The summed E-state index contributed by atoms with van der Waals surface area (Å²) in [6.07, 6.45) is 8.33. The van der Waals surface area contributed by atoms with Crippen molar-refractivity contribution in [2.24, 2.45) is 0 Å². The van der Waals surface area contributed by atoms with Gasteiger partial charge in [-0.15, -0.1) is 0 Å². The zero-order chi connectivity index (χ0) is 22.9. The zero-order valence-corrected chi connectivity index (χ0v) is 19.1. The fraction of sp³-hybridized carbons (Fsp3) is 0.250. The van der Waals surface area contributed by atoms with Crippen LogP contribution in [0.2, 0.25) is 0 Å². The molecular weight excluding hydrogens is 408 g/mol. The van der Waals surface area contributed by atoms with E-state index < -0.39 is 0 Å². The molecule has 0 saturated carbocycles. The molecule has 0 atom stereocenters. The first-order chi connectivity index (χ1) is 16.2. The minimum absolute atomic E-state index is 0.302. The highest BCUT2D eigenvalue weighted by molar-refractivity contribution is 5.59. The van der Waals surface area contributed by atoms with Crippen LogP contribution in [-0.4, -0.2) is 31.5 Å². The predicted molar refractivity (Wildman–Crippen MR) is 132 cm³/mol. The predicted octanol–water partition coefficient (Wildman–Crippen LogP) is 5.44. The van der Waals surface area contributed by atoms with E-state index in [-0.39, 0.29) is 0 Å². The van der Waals surface area contributed by atoms with Crippen molar-refractivity contribution in [1.29, 1.82) is 0 Å². The maximum absolute atomic E-state index is 9.42. The highest BCUT2D eigenvalue weighted by Crippen LogP contribution is 2.20. The third kappa shape index (κ3) is 6.70. The summed E-state index contributed by atoms with van der Waals surface area (Å²) in [7, 11) is 0. The molecule has 0 spiro atoms. The molecule has 0 radical (unpaired) electrons. The van der Waals surface area contributed by atoms with Gasteiger partial charge in [-0.2, -0.15) is 0 Å². The summed E-state index contributed by atoms with van der Waals surface area (Å²) < 4.78 is 0. The van der Waals surface area contributed by atoms with Gasteiger partial charge in [0.2, 0.25) is 0 Å². The Hall–Kier alpha value is -3.57. The van der Waals surface area contributed by atoms with Gasteiger partial charge in [-0.25, -0.2) is 9.97 Å². The molecule has 0 bridgehead atoms. The van der Waals surface area contributed by atoms with Crippen LogP contribution in [-0.2, 0) is 25.9 Å². The number of aromatic hydroxyl groups is 1. The van der Waals surface area contributed by atoms with Crippen LogP contribution in [0, 0.1) is 0 Å². The van der Waals surface area contributed by atoms with Crippen molar-refractivity contribution < 1.29 is 5.11 Å². The Bertz CT molecular complexity index is 1150. The molecule has 2 aromatic heterocycles. The third-order valence-electron chi connectivity index (χ3n) is 5.71. The Labute approximate surface area is 195 Å². The molecule has 4 rings (SSSR count).